The number of carboxylic acid groups (broad SMARTS) is 1. The van der Waals surface area contributed by atoms with Gasteiger partial charge in [0.05, 0.1) is 12.6 Å². The van der Waals surface area contributed by atoms with Gasteiger partial charge in [0.15, 0.2) is 0 Å². The Labute approximate surface area is 148 Å². The van der Waals surface area contributed by atoms with Crippen LogP contribution in [0, 0.1) is 6.92 Å². The summed E-state index contributed by atoms with van der Waals surface area (Å²) in [5.41, 5.74) is 3.82. The SMILES string of the molecule is CCN(CC(=O)O)C1CC(NC(=O)NC2CCc3cc(C)ccc32)C1. The predicted octanol–water partition coefficient (Wildman–Crippen LogP) is 2.22. The maximum atomic E-state index is 12.3. The van der Waals surface area contributed by atoms with E-state index in [0.29, 0.717) is 6.54 Å². The first kappa shape index (κ1) is 17.7. The lowest BCUT2D eigenvalue weighted by molar-refractivity contribution is -0.139. The van der Waals surface area contributed by atoms with Crippen molar-refractivity contribution < 1.29 is 14.7 Å². The summed E-state index contributed by atoms with van der Waals surface area (Å²) in [5, 5.41) is 15.0. The summed E-state index contributed by atoms with van der Waals surface area (Å²) < 4.78 is 0. The number of benzene rings is 1. The van der Waals surface area contributed by atoms with Crippen LogP contribution in [0.4, 0.5) is 4.79 Å². The maximum Gasteiger partial charge on any atom is 0.317 e. The number of fused-ring (bicyclic) bond motifs is 1. The van der Waals surface area contributed by atoms with E-state index in [1.807, 2.05) is 11.8 Å². The number of nitrogens with zero attached hydrogens (tertiary/aromatic N) is 1. The van der Waals surface area contributed by atoms with Gasteiger partial charge in [0.1, 0.15) is 0 Å². The molecule has 0 aromatic heterocycles. The molecule has 3 rings (SSSR count). The minimum Gasteiger partial charge on any atom is -0.480 e. The van der Waals surface area contributed by atoms with Gasteiger partial charge < -0.3 is 15.7 Å². The predicted molar refractivity (Wildman–Crippen MR) is 95.6 cm³/mol. The quantitative estimate of drug-likeness (QED) is 0.738. The molecule has 3 N–H and O–H groups in total. The third-order valence-electron chi connectivity index (χ3n) is 5.39. The highest BCUT2D eigenvalue weighted by molar-refractivity contribution is 5.75. The molecule has 1 saturated carbocycles. The number of urea groups is 1. The topological polar surface area (TPSA) is 81.7 Å². The molecule has 2 aliphatic rings. The fourth-order valence-electron chi connectivity index (χ4n) is 3.96. The minimum atomic E-state index is -0.800. The zero-order valence-electron chi connectivity index (χ0n) is 14.9. The first-order valence-electron chi connectivity index (χ1n) is 9.08. The maximum absolute atomic E-state index is 12.3. The zero-order valence-corrected chi connectivity index (χ0v) is 14.9. The van der Waals surface area contributed by atoms with E-state index in [-0.39, 0.29) is 30.7 Å². The van der Waals surface area contributed by atoms with Gasteiger partial charge in [-0.3, -0.25) is 9.69 Å². The lowest BCUT2D eigenvalue weighted by Crippen LogP contribution is -2.56. The Hall–Kier alpha value is -2.08. The first-order chi connectivity index (χ1) is 12.0. The lowest BCUT2D eigenvalue weighted by atomic mass is 9.85. The Balaban J connectivity index is 1.45. The third kappa shape index (κ3) is 4.12. The summed E-state index contributed by atoms with van der Waals surface area (Å²) >= 11 is 0. The second-order valence-corrected chi connectivity index (χ2v) is 7.19. The molecule has 1 aromatic rings. The standard InChI is InChI=1S/C19H27N3O3/c1-3-22(11-18(23)24)15-9-14(10-15)20-19(25)21-17-7-5-13-8-12(2)4-6-16(13)17/h4,6,8,14-15,17H,3,5,7,9-11H2,1-2H3,(H,23,24)(H2,20,21,25). The van der Waals surface area contributed by atoms with Crippen LogP contribution in [0.15, 0.2) is 18.2 Å². The molecule has 1 aromatic carbocycles. The Morgan fingerprint density at radius 3 is 2.72 bits per heavy atom. The van der Waals surface area contributed by atoms with Gasteiger partial charge in [0.25, 0.3) is 0 Å². The minimum absolute atomic E-state index is 0.0678. The van der Waals surface area contributed by atoms with Crippen molar-refractivity contribution in [2.24, 2.45) is 0 Å². The molecule has 6 heteroatoms. The summed E-state index contributed by atoms with van der Waals surface area (Å²) in [5.74, 6) is -0.800. The second kappa shape index (κ2) is 7.44. The molecule has 1 unspecified atom stereocenters. The highest BCUT2D eigenvalue weighted by atomic mass is 16.4. The third-order valence-corrected chi connectivity index (χ3v) is 5.39. The van der Waals surface area contributed by atoms with Crippen molar-refractivity contribution >= 4 is 12.0 Å². The van der Waals surface area contributed by atoms with Crippen LogP contribution in [-0.4, -0.2) is 47.2 Å². The number of likely N-dealkylation sites (N-methyl/N-ethyl adjacent to an activating group) is 1. The molecule has 2 amide bonds. The Bertz CT molecular complexity index is 655. The number of nitrogens with one attached hydrogen (secondary N) is 2. The van der Waals surface area contributed by atoms with E-state index in [9.17, 15) is 9.59 Å². The number of carbonyl (C=O) groups is 2. The highest BCUT2D eigenvalue weighted by Crippen LogP contribution is 2.32. The van der Waals surface area contributed by atoms with Gasteiger partial charge in [-0.05, 0) is 50.3 Å². The molecule has 25 heavy (non-hydrogen) atoms. The lowest BCUT2D eigenvalue weighted by Gasteiger charge is -2.42. The Kier molecular flexibility index (Phi) is 5.27. The number of hydrogen-bond donors (Lipinski definition) is 3. The summed E-state index contributed by atoms with van der Waals surface area (Å²) in [4.78, 5) is 25.1. The molecular formula is C19H27N3O3. The second-order valence-electron chi connectivity index (χ2n) is 7.19. The van der Waals surface area contributed by atoms with Crippen LogP contribution >= 0.6 is 0 Å². The fourth-order valence-corrected chi connectivity index (χ4v) is 3.96. The van der Waals surface area contributed by atoms with Gasteiger partial charge in [-0.1, -0.05) is 30.7 Å². The van der Waals surface area contributed by atoms with E-state index in [1.54, 1.807) is 0 Å². The van der Waals surface area contributed by atoms with Crippen molar-refractivity contribution in [1.82, 2.24) is 15.5 Å². The molecule has 0 heterocycles. The fraction of sp³-hybridized carbons (Fsp3) is 0.579. The molecule has 1 fully saturated rings. The van der Waals surface area contributed by atoms with E-state index >= 15 is 0 Å². The van der Waals surface area contributed by atoms with Gasteiger partial charge in [0, 0.05) is 12.1 Å². The number of aliphatic carboxylic acids is 1. The van der Waals surface area contributed by atoms with E-state index in [0.717, 1.165) is 25.7 Å². The van der Waals surface area contributed by atoms with Crippen LogP contribution in [0.3, 0.4) is 0 Å². The number of carbonyl (C=O) groups excluding carboxylic acids is 1. The van der Waals surface area contributed by atoms with Crippen LogP contribution in [0.2, 0.25) is 0 Å². The van der Waals surface area contributed by atoms with Crippen LogP contribution in [0.25, 0.3) is 0 Å². The average Bonchev–Trinajstić information content (AvgIpc) is 2.90. The molecule has 0 bridgehead atoms. The molecule has 0 spiro atoms. The van der Waals surface area contributed by atoms with E-state index in [1.165, 1.54) is 16.7 Å². The Morgan fingerprint density at radius 1 is 1.28 bits per heavy atom. The summed E-state index contributed by atoms with van der Waals surface area (Å²) in [7, 11) is 0. The van der Waals surface area contributed by atoms with Gasteiger partial charge >= 0.3 is 12.0 Å². The van der Waals surface area contributed by atoms with Crippen molar-refractivity contribution in [2.75, 3.05) is 13.1 Å². The molecule has 2 aliphatic carbocycles. The molecule has 0 saturated heterocycles. The van der Waals surface area contributed by atoms with E-state index < -0.39 is 5.97 Å². The smallest absolute Gasteiger partial charge is 0.317 e. The zero-order chi connectivity index (χ0) is 18.0. The van der Waals surface area contributed by atoms with Crippen molar-refractivity contribution in [3.8, 4) is 0 Å². The van der Waals surface area contributed by atoms with Crippen molar-refractivity contribution in [2.45, 2.75) is 57.7 Å². The van der Waals surface area contributed by atoms with Crippen LogP contribution in [0.5, 0.6) is 0 Å². The highest BCUT2D eigenvalue weighted by Gasteiger charge is 2.35. The van der Waals surface area contributed by atoms with Gasteiger partial charge in [0.2, 0.25) is 0 Å². The van der Waals surface area contributed by atoms with Crippen LogP contribution in [-0.2, 0) is 11.2 Å². The first-order valence-corrected chi connectivity index (χ1v) is 9.08. The van der Waals surface area contributed by atoms with Gasteiger partial charge in [-0.2, -0.15) is 0 Å². The molecule has 1 atom stereocenters. The molecule has 0 radical (unpaired) electrons. The molecular weight excluding hydrogens is 318 g/mol. The largest absolute Gasteiger partial charge is 0.480 e. The number of amides is 2. The van der Waals surface area contributed by atoms with E-state index in [4.69, 9.17) is 5.11 Å². The summed E-state index contributed by atoms with van der Waals surface area (Å²) in [6.45, 7) is 4.84. The summed E-state index contributed by atoms with van der Waals surface area (Å²) in [6.07, 6.45) is 3.58. The van der Waals surface area contributed by atoms with Crippen LogP contribution < -0.4 is 10.6 Å². The van der Waals surface area contributed by atoms with Crippen molar-refractivity contribution in [3.63, 3.8) is 0 Å². The Morgan fingerprint density at radius 2 is 2.04 bits per heavy atom. The normalized spacial score (nSPS) is 24.5. The number of hydrogen-bond acceptors (Lipinski definition) is 3. The number of carboxylic acids is 1. The van der Waals surface area contributed by atoms with Gasteiger partial charge in [-0.25, -0.2) is 4.79 Å². The van der Waals surface area contributed by atoms with Crippen molar-refractivity contribution in [3.05, 3.63) is 34.9 Å². The average molecular weight is 345 g/mol. The van der Waals surface area contributed by atoms with E-state index in [2.05, 4.69) is 35.8 Å². The number of aryl methyl sites for hydroxylation is 2. The molecule has 6 nitrogen and oxygen atoms in total. The monoisotopic (exact) mass is 345 g/mol. The molecule has 136 valence electrons. The number of rotatable bonds is 6. The van der Waals surface area contributed by atoms with Crippen molar-refractivity contribution in [1.29, 1.82) is 0 Å². The van der Waals surface area contributed by atoms with Crippen LogP contribution in [0.1, 0.15) is 48.9 Å². The van der Waals surface area contributed by atoms with Gasteiger partial charge in [-0.15, -0.1) is 0 Å². The molecule has 0 aliphatic heterocycles. The summed E-state index contributed by atoms with van der Waals surface area (Å²) in [6, 6.07) is 6.76.